The van der Waals surface area contributed by atoms with Gasteiger partial charge in [0.25, 0.3) is 0 Å². The number of rotatable bonds is 1. The van der Waals surface area contributed by atoms with Crippen LogP contribution in [0.25, 0.3) is 0 Å². The third-order valence-corrected chi connectivity index (χ3v) is 2.86. The maximum atomic E-state index is 13.6. The van der Waals surface area contributed by atoms with Gasteiger partial charge >= 0.3 is 0 Å². The number of fused-ring (bicyclic) bond motifs is 1. The second-order valence-electron chi connectivity index (χ2n) is 4.03. The summed E-state index contributed by atoms with van der Waals surface area (Å²) < 4.78 is 26.8. The number of hydrogen-bond donors (Lipinski definition) is 2. The fraction of sp³-hybridized carbons (Fsp3) is 0.250. The summed E-state index contributed by atoms with van der Waals surface area (Å²) in [5, 5.41) is 2.38. The summed E-state index contributed by atoms with van der Waals surface area (Å²) in [7, 11) is 0. The Hall–Kier alpha value is -1.75. The molecule has 1 amide bonds. The molecule has 3 N–H and O–H groups in total. The van der Waals surface area contributed by atoms with Gasteiger partial charge in [0.2, 0.25) is 5.91 Å². The van der Waals surface area contributed by atoms with Crippen LogP contribution in [0.5, 0.6) is 0 Å². The van der Waals surface area contributed by atoms with Crippen molar-refractivity contribution in [1.29, 1.82) is 0 Å². The third-order valence-electron chi connectivity index (χ3n) is 2.86. The molecule has 5 heteroatoms. The van der Waals surface area contributed by atoms with Gasteiger partial charge in [0.15, 0.2) is 0 Å². The molecule has 1 aromatic carbocycles. The summed E-state index contributed by atoms with van der Waals surface area (Å²) in [5.74, 6) is -2.29. The molecule has 1 aliphatic rings. The zero-order valence-electron chi connectivity index (χ0n) is 9.04. The predicted molar refractivity (Wildman–Crippen MR) is 60.5 cm³/mol. The molecule has 1 aliphatic heterocycles. The highest BCUT2D eigenvalue weighted by Gasteiger charge is 2.28. The van der Waals surface area contributed by atoms with Gasteiger partial charge in [-0.25, -0.2) is 8.78 Å². The number of halogens is 2. The van der Waals surface area contributed by atoms with E-state index in [1.54, 1.807) is 0 Å². The van der Waals surface area contributed by atoms with Gasteiger partial charge in [-0.2, -0.15) is 0 Å². The van der Waals surface area contributed by atoms with Gasteiger partial charge in [-0.3, -0.25) is 4.79 Å². The van der Waals surface area contributed by atoms with E-state index in [1.165, 1.54) is 12.1 Å². The minimum absolute atomic E-state index is 0.00532. The molecule has 0 aromatic heterocycles. The number of anilines is 1. The van der Waals surface area contributed by atoms with Crippen molar-refractivity contribution in [2.24, 2.45) is 5.73 Å². The van der Waals surface area contributed by atoms with Crippen LogP contribution in [0.4, 0.5) is 14.5 Å². The Morgan fingerprint density at radius 1 is 1.47 bits per heavy atom. The lowest BCUT2D eigenvalue weighted by molar-refractivity contribution is -0.117. The lowest BCUT2D eigenvalue weighted by Crippen LogP contribution is -2.34. The van der Waals surface area contributed by atoms with Crippen LogP contribution in [0.15, 0.2) is 24.8 Å². The molecule has 0 spiro atoms. The van der Waals surface area contributed by atoms with Crippen molar-refractivity contribution in [3.05, 3.63) is 42.0 Å². The average molecular weight is 238 g/mol. The monoisotopic (exact) mass is 238 g/mol. The Morgan fingerprint density at radius 2 is 2.18 bits per heavy atom. The predicted octanol–water partition coefficient (Wildman–Crippen LogP) is 1.90. The lowest BCUT2D eigenvalue weighted by atomic mass is 9.92. The minimum atomic E-state index is -0.797. The minimum Gasteiger partial charge on any atom is -0.322 e. The largest absolute Gasteiger partial charge is 0.322 e. The third kappa shape index (κ3) is 2.06. The molecule has 1 heterocycles. The zero-order valence-corrected chi connectivity index (χ0v) is 9.04. The molecular formula is C12H12F2N2O. The van der Waals surface area contributed by atoms with E-state index in [4.69, 9.17) is 5.73 Å². The van der Waals surface area contributed by atoms with E-state index in [-0.39, 0.29) is 18.0 Å². The molecule has 90 valence electrons. The van der Waals surface area contributed by atoms with Crippen molar-refractivity contribution in [3.8, 4) is 0 Å². The number of allylic oxidation sites excluding steroid dienone is 1. The number of carbonyl (C=O) groups is 1. The SMILES string of the molecule is C=C[C@H]1C[C@@H](N)C(=O)Nc2c(F)cc(F)cc21. The fourth-order valence-corrected chi connectivity index (χ4v) is 1.96. The van der Waals surface area contributed by atoms with Gasteiger partial charge in [0.1, 0.15) is 11.6 Å². The van der Waals surface area contributed by atoms with Crippen molar-refractivity contribution in [1.82, 2.24) is 0 Å². The number of hydrogen-bond acceptors (Lipinski definition) is 2. The Labute approximate surface area is 97.3 Å². The van der Waals surface area contributed by atoms with E-state index in [0.29, 0.717) is 5.56 Å². The molecule has 0 saturated heterocycles. The fourth-order valence-electron chi connectivity index (χ4n) is 1.96. The summed E-state index contributed by atoms with van der Waals surface area (Å²) in [4.78, 5) is 11.5. The Kier molecular flexibility index (Phi) is 2.93. The molecule has 0 radical (unpaired) electrons. The highest BCUT2D eigenvalue weighted by Crippen LogP contribution is 2.34. The van der Waals surface area contributed by atoms with Gasteiger partial charge in [-0.1, -0.05) is 6.08 Å². The van der Waals surface area contributed by atoms with Crippen LogP contribution in [0, 0.1) is 11.6 Å². The van der Waals surface area contributed by atoms with Crippen LogP contribution in [-0.2, 0) is 4.79 Å². The van der Waals surface area contributed by atoms with Crippen molar-refractivity contribution in [3.63, 3.8) is 0 Å². The van der Waals surface area contributed by atoms with Gasteiger partial charge in [-0.15, -0.1) is 6.58 Å². The van der Waals surface area contributed by atoms with E-state index in [1.807, 2.05) is 0 Å². The highest BCUT2D eigenvalue weighted by molar-refractivity contribution is 5.96. The van der Waals surface area contributed by atoms with Gasteiger partial charge in [-0.05, 0) is 18.1 Å². The molecule has 17 heavy (non-hydrogen) atoms. The molecule has 0 saturated carbocycles. The van der Waals surface area contributed by atoms with Crippen LogP contribution in [0.1, 0.15) is 17.9 Å². The molecule has 2 rings (SSSR count). The molecular weight excluding hydrogens is 226 g/mol. The second-order valence-corrected chi connectivity index (χ2v) is 4.03. The average Bonchev–Trinajstić information content (AvgIpc) is 2.39. The maximum absolute atomic E-state index is 13.6. The van der Waals surface area contributed by atoms with E-state index < -0.39 is 23.6 Å². The first-order chi connectivity index (χ1) is 8.02. The first kappa shape index (κ1) is 11.7. The molecule has 2 atom stereocenters. The first-order valence-electron chi connectivity index (χ1n) is 5.21. The number of nitrogens with one attached hydrogen (secondary N) is 1. The topological polar surface area (TPSA) is 55.1 Å². The van der Waals surface area contributed by atoms with Gasteiger partial charge < -0.3 is 11.1 Å². The summed E-state index contributed by atoms with van der Waals surface area (Å²) in [6, 6.07) is 1.17. The molecule has 0 unspecified atom stereocenters. The summed E-state index contributed by atoms with van der Waals surface area (Å²) in [6.45, 7) is 3.60. The molecule has 0 aliphatic carbocycles. The van der Waals surface area contributed by atoms with Gasteiger partial charge in [0, 0.05) is 12.0 Å². The van der Waals surface area contributed by atoms with E-state index in [9.17, 15) is 13.6 Å². The Balaban J connectivity index is 2.59. The van der Waals surface area contributed by atoms with Crippen LogP contribution in [0.2, 0.25) is 0 Å². The smallest absolute Gasteiger partial charge is 0.241 e. The van der Waals surface area contributed by atoms with E-state index in [2.05, 4.69) is 11.9 Å². The van der Waals surface area contributed by atoms with Crippen LogP contribution < -0.4 is 11.1 Å². The van der Waals surface area contributed by atoms with Crippen LogP contribution in [0.3, 0.4) is 0 Å². The lowest BCUT2D eigenvalue weighted by Gasteiger charge is -2.13. The molecule has 0 bridgehead atoms. The Bertz CT molecular complexity index is 488. The van der Waals surface area contributed by atoms with Crippen LogP contribution >= 0.6 is 0 Å². The summed E-state index contributed by atoms with van der Waals surface area (Å²) in [5.41, 5.74) is 6.00. The number of carbonyl (C=O) groups excluding carboxylic acids is 1. The van der Waals surface area contributed by atoms with Gasteiger partial charge in [0.05, 0.1) is 11.7 Å². The Morgan fingerprint density at radius 3 is 2.82 bits per heavy atom. The maximum Gasteiger partial charge on any atom is 0.241 e. The standard InChI is InChI=1S/C12H12F2N2O/c1-2-6-3-10(15)12(17)16-11-8(6)4-7(13)5-9(11)14/h2,4-6,10H,1,3,15H2,(H,16,17)/t6-,10+/m0/s1. The number of amides is 1. The quantitative estimate of drug-likeness (QED) is 0.734. The number of nitrogens with two attached hydrogens (primary N) is 1. The van der Waals surface area contributed by atoms with Crippen molar-refractivity contribution in [2.75, 3.05) is 5.32 Å². The highest BCUT2D eigenvalue weighted by atomic mass is 19.1. The van der Waals surface area contributed by atoms with Crippen molar-refractivity contribution in [2.45, 2.75) is 18.4 Å². The number of benzene rings is 1. The van der Waals surface area contributed by atoms with E-state index in [0.717, 1.165) is 6.07 Å². The molecule has 3 nitrogen and oxygen atoms in total. The molecule has 1 aromatic rings. The summed E-state index contributed by atoms with van der Waals surface area (Å²) >= 11 is 0. The second kappa shape index (κ2) is 4.25. The normalized spacial score (nSPS) is 23.6. The summed E-state index contributed by atoms with van der Waals surface area (Å²) in [6.07, 6.45) is 1.82. The molecule has 0 fully saturated rings. The zero-order chi connectivity index (χ0) is 12.6. The van der Waals surface area contributed by atoms with Crippen LogP contribution in [-0.4, -0.2) is 11.9 Å². The first-order valence-corrected chi connectivity index (χ1v) is 5.21. The van der Waals surface area contributed by atoms with E-state index >= 15 is 0 Å². The van der Waals surface area contributed by atoms with Crippen molar-refractivity contribution < 1.29 is 13.6 Å². The van der Waals surface area contributed by atoms with Crippen molar-refractivity contribution >= 4 is 11.6 Å².